The van der Waals surface area contributed by atoms with Crippen molar-refractivity contribution >= 4 is 0 Å². The number of nitrogens with one attached hydrogen (secondary N) is 1. The maximum absolute atomic E-state index is 13.4. The molecule has 0 spiro atoms. The number of aromatic nitrogens is 2. The molecule has 5 heteroatoms. The summed E-state index contributed by atoms with van der Waals surface area (Å²) in [5.41, 5.74) is 0.542. The molecule has 102 valence electrons. The number of nitrogens with zero attached hydrogens (tertiary/aromatic N) is 2. The number of hydrogen-bond acceptors (Lipinski definition) is 2. The van der Waals surface area contributed by atoms with Crippen LogP contribution in [-0.2, 0) is 6.54 Å². The summed E-state index contributed by atoms with van der Waals surface area (Å²) in [5.74, 6) is -0.394. The van der Waals surface area contributed by atoms with Crippen molar-refractivity contribution in [2.75, 3.05) is 6.54 Å². The number of benzene rings is 1. The van der Waals surface area contributed by atoms with Crippen molar-refractivity contribution in [3.8, 4) is 0 Å². The Bertz CT molecular complexity index is 531. The summed E-state index contributed by atoms with van der Waals surface area (Å²) in [4.78, 5) is 4.30. The van der Waals surface area contributed by atoms with E-state index in [1.807, 2.05) is 24.6 Å². The second-order valence-corrected chi connectivity index (χ2v) is 4.26. The molecule has 0 fully saturated rings. The minimum Gasteiger partial charge on any atom is -0.334 e. The third kappa shape index (κ3) is 2.98. The molecule has 0 saturated heterocycles. The molecule has 1 aromatic carbocycles. The van der Waals surface area contributed by atoms with Gasteiger partial charge in [-0.2, -0.15) is 0 Å². The molecule has 0 saturated carbocycles. The quantitative estimate of drug-likeness (QED) is 0.901. The molecule has 1 unspecified atom stereocenters. The lowest BCUT2D eigenvalue weighted by Gasteiger charge is -2.19. The SMILES string of the molecule is CCNC(c1cc(F)cc(F)c1)c1nccn1CC. The highest BCUT2D eigenvalue weighted by molar-refractivity contribution is 5.27. The molecule has 0 amide bonds. The van der Waals surface area contributed by atoms with Gasteiger partial charge in [0.1, 0.15) is 17.5 Å². The van der Waals surface area contributed by atoms with Gasteiger partial charge in [-0.05, 0) is 31.2 Å². The van der Waals surface area contributed by atoms with E-state index >= 15 is 0 Å². The van der Waals surface area contributed by atoms with Crippen molar-refractivity contribution in [1.82, 2.24) is 14.9 Å². The third-order valence-electron chi connectivity index (χ3n) is 2.97. The van der Waals surface area contributed by atoms with E-state index in [1.54, 1.807) is 6.20 Å². The van der Waals surface area contributed by atoms with E-state index < -0.39 is 11.6 Å². The predicted molar refractivity (Wildman–Crippen MR) is 69.8 cm³/mol. The van der Waals surface area contributed by atoms with Crippen LogP contribution in [-0.4, -0.2) is 16.1 Å². The second kappa shape index (κ2) is 5.93. The molecule has 1 aromatic heterocycles. The molecule has 0 aliphatic rings. The average Bonchev–Trinajstić information content (AvgIpc) is 2.82. The first kappa shape index (κ1) is 13.7. The van der Waals surface area contributed by atoms with Gasteiger partial charge in [0.05, 0.1) is 6.04 Å². The topological polar surface area (TPSA) is 29.9 Å². The zero-order valence-electron chi connectivity index (χ0n) is 11.0. The summed E-state index contributed by atoms with van der Waals surface area (Å²) < 4.78 is 28.7. The van der Waals surface area contributed by atoms with Crippen LogP contribution in [0.1, 0.15) is 31.3 Å². The Labute approximate surface area is 111 Å². The Hall–Kier alpha value is -1.75. The number of rotatable bonds is 5. The Morgan fingerprint density at radius 3 is 2.47 bits per heavy atom. The van der Waals surface area contributed by atoms with Gasteiger partial charge in [-0.25, -0.2) is 13.8 Å². The van der Waals surface area contributed by atoms with Crippen LogP contribution in [0, 0.1) is 11.6 Å². The molecule has 1 atom stereocenters. The van der Waals surface area contributed by atoms with Gasteiger partial charge in [-0.15, -0.1) is 0 Å². The molecule has 1 heterocycles. The van der Waals surface area contributed by atoms with Crippen LogP contribution in [0.25, 0.3) is 0 Å². The van der Waals surface area contributed by atoms with Crippen molar-refractivity contribution in [3.63, 3.8) is 0 Å². The zero-order chi connectivity index (χ0) is 13.8. The van der Waals surface area contributed by atoms with E-state index in [1.165, 1.54) is 12.1 Å². The van der Waals surface area contributed by atoms with Crippen LogP contribution in [0.4, 0.5) is 8.78 Å². The standard InChI is InChI=1S/C14H17F2N3/c1-3-17-13(14-18-5-6-19(14)4-2)10-7-11(15)9-12(16)8-10/h5-9,13,17H,3-4H2,1-2H3. The van der Waals surface area contributed by atoms with Gasteiger partial charge >= 0.3 is 0 Å². The van der Waals surface area contributed by atoms with Crippen molar-refractivity contribution in [3.05, 3.63) is 53.6 Å². The molecule has 0 aliphatic heterocycles. The molecule has 2 rings (SSSR count). The van der Waals surface area contributed by atoms with Gasteiger partial charge in [0.15, 0.2) is 0 Å². The van der Waals surface area contributed by atoms with Crippen molar-refractivity contribution in [2.24, 2.45) is 0 Å². The normalized spacial score (nSPS) is 12.6. The molecule has 0 bridgehead atoms. The third-order valence-corrected chi connectivity index (χ3v) is 2.97. The number of imidazole rings is 1. The van der Waals surface area contributed by atoms with Gasteiger partial charge in [-0.1, -0.05) is 6.92 Å². The Kier molecular flexibility index (Phi) is 4.27. The van der Waals surface area contributed by atoms with E-state index in [-0.39, 0.29) is 6.04 Å². The Balaban J connectivity index is 2.45. The average molecular weight is 265 g/mol. The monoisotopic (exact) mass is 265 g/mol. The maximum Gasteiger partial charge on any atom is 0.130 e. The van der Waals surface area contributed by atoms with Crippen molar-refractivity contribution in [2.45, 2.75) is 26.4 Å². The summed E-state index contributed by atoms with van der Waals surface area (Å²) in [6, 6.07) is 3.24. The largest absolute Gasteiger partial charge is 0.334 e. The molecule has 3 nitrogen and oxygen atoms in total. The smallest absolute Gasteiger partial charge is 0.130 e. The van der Waals surface area contributed by atoms with Crippen LogP contribution < -0.4 is 5.32 Å². The number of halogens is 2. The lowest BCUT2D eigenvalue weighted by atomic mass is 10.1. The fourth-order valence-electron chi connectivity index (χ4n) is 2.15. The first-order valence-electron chi connectivity index (χ1n) is 6.36. The van der Waals surface area contributed by atoms with E-state index in [0.717, 1.165) is 18.4 Å². The first-order valence-corrected chi connectivity index (χ1v) is 6.36. The van der Waals surface area contributed by atoms with Gasteiger partial charge in [0.25, 0.3) is 0 Å². The van der Waals surface area contributed by atoms with Crippen LogP contribution in [0.5, 0.6) is 0 Å². The maximum atomic E-state index is 13.4. The van der Waals surface area contributed by atoms with Gasteiger partial charge in [-0.3, -0.25) is 0 Å². The van der Waals surface area contributed by atoms with E-state index in [2.05, 4.69) is 10.3 Å². The molecule has 0 aliphatic carbocycles. The summed E-state index contributed by atoms with van der Waals surface area (Å²) in [7, 11) is 0. The Morgan fingerprint density at radius 1 is 1.21 bits per heavy atom. The molecule has 1 N–H and O–H groups in total. The molecular weight excluding hydrogens is 248 g/mol. The summed E-state index contributed by atoms with van der Waals surface area (Å²) in [6.45, 7) is 5.39. The minimum atomic E-state index is -0.576. The van der Waals surface area contributed by atoms with Crippen LogP contribution in [0.15, 0.2) is 30.6 Å². The van der Waals surface area contributed by atoms with E-state index in [9.17, 15) is 8.78 Å². The van der Waals surface area contributed by atoms with Crippen LogP contribution in [0.3, 0.4) is 0 Å². The lowest BCUT2D eigenvalue weighted by molar-refractivity contribution is 0.539. The zero-order valence-corrected chi connectivity index (χ0v) is 11.0. The fraction of sp³-hybridized carbons (Fsp3) is 0.357. The second-order valence-electron chi connectivity index (χ2n) is 4.26. The van der Waals surface area contributed by atoms with Crippen LogP contribution >= 0.6 is 0 Å². The van der Waals surface area contributed by atoms with Crippen LogP contribution in [0.2, 0.25) is 0 Å². The summed E-state index contributed by atoms with van der Waals surface area (Å²) in [6.07, 6.45) is 3.55. The van der Waals surface area contributed by atoms with E-state index in [4.69, 9.17) is 0 Å². The molecular formula is C14H17F2N3. The van der Waals surface area contributed by atoms with E-state index in [0.29, 0.717) is 12.1 Å². The molecule has 2 aromatic rings. The number of aryl methyl sites for hydroxylation is 1. The number of hydrogen-bond donors (Lipinski definition) is 1. The minimum absolute atomic E-state index is 0.315. The first-order chi connectivity index (χ1) is 9.15. The highest BCUT2D eigenvalue weighted by atomic mass is 19.1. The van der Waals surface area contributed by atoms with Gasteiger partial charge in [0.2, 0.25) is 0 Å². The summed E-state index contributed by atoms with van der Waals surface area (Å²) >= 11 is 0. The predicted octanol–water partition coefficient (Wildman–Crippen LogP) is 2.88. The van der Waals surface area contributed by atoms with Gasteiger partial charge < -0.3 is 9.88 Å². The fourth-order valence-corrected chi connectivity index (χ4v) is 2.15. The molecule has 19 heavy (non-hydrogen) atoms. The highest BCUT2D eigenvalue weighted by Gasteiger charge is 2.19. The lowest BCUT2D eigenvalue weighted by Crippen LogP contribution is -2.25. The van der Waals surface area contributed by atoms with Crippen molar-refractivity contribution in [1.29, 1.82) is 0 Å². The van der Waals surface area contributed by atoms with Crippen molar-refractivity contribution < 1.29 is 8.78 Å². The highest BCUT2D eigenvalue weighted by Crippen LogP contribution is 2.22. The summed E-state index contributed by atoms with van der Waals surface area (Å²) in [5, 5.41) is 3.21. The van der Waals surface area contributed by atoms with Gasteiger partial charge in [0, 0.05) is 25.0 Å². The Morgan fingerprint density at radius 2 is 1.89 bits per heavy atom. The molecule has 0 radical (unpaired) electrons.